The summed E-state index contributed by atoms with van der Waals surface area (Å²) in [5.41, 5.74) is 3.73. The maximum Gasteiger partial charge on any atom is 0.237 e. The lowest BCUT2D eigenvalue weighted by Gasteiger charge is -2.04. The molecule has 0 bridgehead atoms. The Morgan fingerprint density at radius 3 is 2.60 bits per heavy atom. The molecule has 0 spiro atoms. The molecule has 15 heavy (non-hydrogen) atoms. The van der Waals surface area contributed by atoms with Gasteiger partial charge in [0.1, 0.15) is 17.9 Å². The van der Waals surface area contributed by atoms with E-state index in [0.717, 1.165) is 5.56 Å². The van der Waals surface area contributed by atoms with Crippen LogP contribution >= 0.6 is 0 Å². The van der Waals surface area contributed by atoms with Crippen LogP contribution in [-0.4, -0.2) is 10.8 Å². The van der Waals surface area contributed by atoms with Crippen LogP contribution in [0.15, 0.2) is 23.3 Å². The Morgan fingerprint density at radius 2 is 2.07 bits per heavy atom. The fourth-order valence-electron chi connectivity index (χ4n) is 0.964. The molecule has 0 aliphatic rings. The van der Waals surface area contributed by atoms with Gasteiger partial charge in [0.2, 0.25) is 5.71 Å². The summed E-state index contributed by atoms with van der Waals surface area (Å²) in [4.78, 5) is 0. The first kappa shape index (κ1) is 10.6. The maximum atomic E-state index is 9.14. The van der Waals surface area contributed by atoms with Crippen LogP contribution in [0.3, 0.4) is 0 Å². The number of aryl methyl sites for hydroxylation is 1. The minimum atomic E-state index is -0.248. The van der Waals surface area contributed by atoms with Crippen LogP contribution in [0, 0.1) is 29.6 Å². The number of nitriles is 2. The van der Waals surface area contributed by atoms with Gasteiger partial charge in [-0.15, -0.1) is 0 Å². The van der Waals surface area contributed by atoms with E-state index in [9.17, 15) is 0 Å². The highest BCUT2D eigenvalue weighted by molar-refractivity contribution is 6.10. The molecule has 0 radical (unpaired) electrons. The van der Waals surface area contributed by atoms with Crippen LogP contribution in [0.4, 0.5) is 5.69 Å². The summed E-state index contributed by atoms with van der Waals surface area (Å²) in [7, 11) is 0. The van der Waals surface area contributed by atoms with E-state index in [1.54, 1.807) is 31.2 Å². The molecular formula is C10H8N4O. The van der Waals surface area contributed by atoms with Crippen LogP contribution in [0.2, 0.25) is 0 Å². The SMILES string of the molecule is Cc1cc(O)ccc1NN=C(C#N)C#N. The summed E-state index contributed by atoms with van der Waals surface area (Å²) < 4.78 is 0. The fourth-order valence-corrected chi connectivity index (χ4v) is 0.964. The summed E-state index contributed by atoms with van der Waals surface area (Å²) in [6.07, 6.45) is 0. The summed E-state index contributed by atoms with van der Waals surface area (Å²) in [6, 6.07) is 7.91. The maximum absolute atomic E-state index is 9.14. The molecule has 74 valence electrons. The number of rotatable bonds is 2. The Bertz CT molecular complexity index is 463. The van der Waals surface area contributed by atoms with E-state index in [2.05, 4.69) is 10.5 Å². The van der Waals surface area contributed by atoms with Gasteiger partial charge in [0, 0.05) is 0 Å². The first-order valence-corrected chi connectivity index (χ1v) is 4.11. The Kier molecular flexibility index (Phi) is 3.26. The fraction of sp³-hybridized carbons (Fsp3) is 0.100. The molecule has 0 saturated heterocycles. The quantitative estimate of drug-likeness (QED) is 0.430. The summed E-state index contributed by atoms with van der Waals surface area (Å²) >= 11 is 0. The number of hydrogen-bond acceptors (Lipinski definition) is 5. The largest absolute Gasteiger partial charge is 0.508 e. The van der Waals surface area contributed by atoms with E-state index in [0.29, 0.717) is 5.69 Å². The summed E-state index contributed by atoms with van der Waals surface area (Å²) in [6.45, 7) is 1.77. The van der Waals surface area contributed by atoms with Crippen LogP contribution in [0.5, 0.6) is 5.75 Å². The van der Waals surface area contributed by atoms with Gasteiger partial charge in [-0.05, 0) is 30.7 Å². The van der Waals surface area contributed by atoms with Crippen molar-refractivity contribution in [3.8, 4) is 17.9 Å². The van der Waals surface area contributed by atoms with Crippen LogP contribution < -0.4 is 5.43 Å². The van der Waals surface area contributed by atoms with E-state index < -0.39 is 0 Å². The molecule has 0 atom stereocenters. The molecule has 0 unspecified atom stereocenters. The molecule has 1 aromatic carbocycles. The number of anilines is 1. The average Bonchev–Trinajstić information content (AvgIpc) is 2.22. The molecule has 0 fully saturated rings. The number of phenols is 1. The molecule has 0 heterocycles. The first-order chi connectivity index (χ1) is 7.17. The molecule has 0 aliphatic heterocycles. The molecule has 0 amide bonds. The van der Waals surface area contributed by atoms with Gasteiger partial charge in [0.15, 0.2) is 0 Å². The van der Waals surface area contributed by atoms with Gasteiger partial charge in [0.05, 0.1) is 5.69 Å². The second-order valence-corrected chi connectivity index (χ2v) is 2.80. The molecule has 0 aromatic heterocycles. The molecule has 0 aliphatic carbocycles. The van der Waals surface area contributed by atoms with Crippen LogP contribution in [0.1, 0.15) is 5.56 Å². The first-order valence-electron chi connectivity index (χ1n) is 4.11. The highest BCUT2D eigenvalue weighted by atomic mass is 16.3. The van der Waals surface area contributed by atoms with Crippen LogP contribution in [-0.2, 0) is 0 Å². The van der Waals surface area contributed by atoms with Crippen molar-refractivity contribution in [2.75, 3.05) is 5.43 Å². The van der Waals surface area contributed by atoms with Gasteiger partial charge < -0.3 is 5.11 Å². The van der Waals surface area contributed by atoms with Gasteiger partial charge in [0.25, 0.3) is 0 Å². The average molecular weight is 200 g/mol. The Balaban J connectivity index is 2.89. The number of phenolic OH excluding ortho intramolecular Hbond substituents is 1. The zero-order valence-electron chi connectivity index (χ0n) is 8.02. The van der Waals surface area contributed by atoms with Gasteiger partial charge in [-0.2, -0.15) is 15.6 Å². The number of hydrazone groups is 1. The molecule has 2 N–H and O–H groups in total. The van der Waals surface area contributed by atoms with Crippen LogP contribution in [0.25, 0.3) is 0 Å². The van der Waals surface area contributed by atoms with E-state index in [4.69, 9.17) is 15.6 Å². The van der Waals surface area contributed by atoms with Gasteiger partial charge in [-0.25, -0.2) is 0 Å². The zero-order chi connectivity index (χ0) is 11.3. The van der Waals surface area contributed by atoms with Crippen molar-refractivity contribution in [3.05, 3.63) is 23.8 Å². The highest BCUT2D eigenvalue weighted by Gasteiger charge is 1.99. The molecule has 5 nitrogen and oxygen atoms in total. The van der Waals surface area contributed by atoms with Gasteiger partial charge in [-0.1, -0.05) is 0 Å². The molecule has 1 rings (SSSR count). The lowest BCUT2D eigenvalue weighted by molar-refractivity contribution is 0.475. The second-order valence-electron chi connectivity index (χ2n) is 2.80. The van der Waals surface area contributed by atoms with Crippen molar-refractivity contribution in [2.24, 2.45) is 5.10 Å². The molecule has 0 saturated carbocycles. The number of aromatic hydroxyl groups is 1. The summed E-state index contributed by atoms with van der Waals surface area (Å²) in [5.74, 6) is 0.155. The van der Waals surface area contributed by atoms with E-state index in [1.807, 2.05) is 0 Å². The van der Waals surface area contributed by atoms with E-state index in [-0.39, 0.29) is 11.5 Å². The molecule has 5 heteroatoms. The predicted molar refractivity (Wildman–Crippen MR) is 55.1 cm³/mol. The third-order valence-electron chi connectivity index (χ3n) is 1.71. The Labute approximate surface area is 86.9 Å². The van der Waals surface area contributed by atoms with Crippen molar-refractivity contribution >= 4 is 11.4 Å². The number of nitrogens with one attached hydrogen (secondary N) is 1. The number of benzene rings is 1. The summed E-state index contributed by atoms with van der Waals surface area (Å²) in [5, 5.41) is 29.6. The van der Waals surface area contributed by atoms with Crippen molar-refractivity contribution < 1.29 is 5.11 Å². The van der Waals surface area contributed by atoms with E-state index >= 15 is 0 Å². The minimum Gasteiger partial charge on any atom is -0.508 e. The van der Waals surface area contributed by atoms with Crippen molar-refractivity contribution in [3.63, 3.8) is 0 Å². The zero-order valence-corrected chi connectivity index (χ0v) is 8.02. The smallest absolute Gasteiger partial charge is 0.237 e. The lowest BCUT2D eigenvalue weighted by atomic mass is 10.2. The monoisotopic (exact) mass is 200 g/mol. The van der Waals surface area contributed by atoms with Gasteiger partial charge in [-0.3, -0.25) is 5.43 Å². The second kappa shape index (κ2) is 4.64. The molecule has 1 aromatic rings. The third-order valence-corrected chi connectivity index (χ3v) is 1.71. The van der Waals surface area contributed by atoms with Crippen molar-refractivity contribution in [1.29, 1.82) is 10.5 Å². The highest BCUT2D eigenvalue weighted by Crippen LogP contribution is 2.19. The topological polar surface area (TPSA) is 92.2 Å². The Morgan fingerprint density at radius 1 is 1.40 bits per heavy atom. The lowest BCUT2D eigenvalue weighted by Crippen LogP contribution is -1.97. The predicted octanol–water partition coefficient (Wildman–Crippen LogP) is 1.52. The molecular weight excluding hydrogens is 192 g/mol. The van der Waals surface area contributed by atoms with E-state index in [1.165, 1.54) is 6.07 Å². The van der Waals surface area contributed by atoms with Gasteiger partial charge >= 0.3 is 0 Å². The van der Waals surface area contributed by atoms with Crippen molar-refractivity contribution in [2.45, 2.75) is 6.92 Å². The Hall–Kier alpha value is -2.53. The standard InChI is InChI=1S/C10H8N4O/c1-7-4-9(15)2-3-10(7)14-13-8(5-11)6-12/h2-4,14-15H,1H3. The normalized spacial score (nSPS) is 8.47. The third kappa shape index (κ3) is 2.71. The minimum absolute atomic E-state index is 0.155. The number of hydrogen-bond donors (Lipinski definition) is 2. The van der Waals surface area contributed by atoms with Crippen molar-refractivity contribution in [1.82, 2.24) is 0 Å². The number of nitrogens with zero attached hydrogens (tertiary/aromatic N) is 3.